The van der Waals surface area contributed by atoms with Crippen LogP contribution in [0.5, 0.6) is 0 Å². The molecule has 4 aromatic rings. The molecule has 0 bridgehead atoms. The Hall–Kier alpha value is -4.14. The highest BCUT2D eigenvalue weighted by atomic mass is 19.1. The van der Waals surface area contributed by atoms with Crippen LogP contribution < -0.4 is 11.1 Å². The van der Waals surface area contributed by atoms with Crippen LogP contribution in [0.3, 0.4) is 0 Å². The van der Waals surface area contributed by atoms with Gasteiger partial charge in [-0.25, -0.2) is 9.37 Å². The van der Waals surface area contributed by atoms with Gasteiger partial charge < -0.3 is 15.6 Å². The van der Waals surface area contributed by atoms with E-state index in [2.05, 4.69) is 25.4 Å². The van der Waals surface area contributed by atoms with Gasteiger partial charge in [0.05, 0.1) is 5.69 Å². The van der Waals surface area contributed by atoms with Crippen LogP contribution in [0.2, 0.25) is 0 Å². The van der Waals surface area contributed by atoms with Crippen LogP contribution in [0.4, 0.5) is 15.9 Å². The second-order valence-corrected chi connectivity index (χ2v) is 8.21. The molecular weight excluding hydrogens is 423 g/mol. The number of nitrogens with zero attached hydrogens (tertiary/aromatic N) is 4. The van der Waals surface area contributed by atoms with Crippen LogP contribution >= 0.6 is 0 Å². The molecule has 5 rings (SSSR count). The van der Waals surface area contributed by atoms with Crippen LogP contribution in [-0.4, -0.2) is 26.0 Å². The van der Waals surface area contributed by atoms with E-state index in [0.29, 0.717) is 52.3 Å². The average molecular weight is 444 g/mol. The molecule has 0 radical (unpaired) electrons. The number of aryl methyl sites for hydroxylation is 2. The van der Waals surface area contributed by atoms with Gasteiger partial charge in [-0.3, -0.25) is 9.78 Å². The second kappa shape index (κ2) is 8.09. The van der Waals surface area contributed by atoms with Crippen molar-refractivity contribution in [3.05, 3.63) is 71.5 Å². The molecule has 3 N–H and O–H groups in total. The lowest BCUT2D eigenvalue weighted by Crippen LogP contribution is -2.17. The monoisotopic (exact) mass is 444 g/mol. The molecule has 1 amide bonds. The molecule has 33 heavy (non-hydrogen) atoms. The highest BCUT2D eigenvalue weighted by molar-refractivity contribution is 6.02. The molecule has 1 saturated carbocycles. The fourth-order valence-corrected chi connectivity index (χ4v) is 4.00. The number of halogens is 1. The summed E-state index contributed by atoms with van der Waals surface area (Å²) < 4.78 is 20.2. The Morgan fingerprint density at radius 3 is 2.79 bits per heavy atom. The van der Waals surface area contributed by atoms with Crippen LogP contribution in [0, 0.1) is 19.7 Å². The Morgan fingerprint density at radius 2 is 2.06 bits per heavy atom. The Balaban J connectivity index is 1.36. The number of hydrogen-bond donors (Lipinski definition) is 2. The van der Waals surface area contributed by atoms with Gasteiger partial charge in [0, 0.05) is 47.1 Å². The lowest BCUT2D eigenvalue weighted by atomic mass is 9.79. The van der Waals surface area contributed by atoms with Crippen molar-refractivity contribution in [1.29, 1.82) is 0 Å². The van der Waals surface area contributed by atoms with E-state index in [9.17, 15) is 9.18 Å². The summed E-state index contributed by atoms with van der Waals surface area (Å²) in [7, 11) is 0. The normalized spacial score (nSPS) is 15.4. The molecule has 9 heteroatoms. The zero-order valence-electron chi connectivity index (χ0n) is 18.1. The molecule has 8 nitrogen and oxygen atoms in total. The summed E-state index contributed by atoms with van der Waals surface area (Å²) in [5.41, 5.74) is 8.96. The number of nitrogens with two attached hydrogens (primary N) is 1. The number of carbonyl (C=O) groups is 1. The quantitative estimate of drug-likeness (QED) is 0.352. The number of hydrogen-bond acceptors (Lipinski definition) is 7. The molecule has 1 aliphatic rings. The van der Waals surface area contributed by atoms with E-state index in [4.69, 9.17) is 10.3 Å². The molecule has 1 aliphatic carbocycles. The van der Waals surface area contributed by atoms with Gasteiger partial charge in [-0.05, 0) is 55.8 Å². The molecule has 3 heterocycles. The Kier molecular flexibility index (Phi) is 5.08. The van der Waals surface area contributed by atoms with E-state index in [1.54, 1.807) is 37.5 Å². The van der Waals surface area contributed by atoms with E-state index in [1.807, 2.05) is 13.0 Å². The number of benzene rings is 1. The maximum Gasteiger partial charge on any atom is 0.249 e. The molecule has 0 aliphatic heterocycles. The van der Waals surface area contributed by atoms with Crippen molar-refractivity contribution in [2.45, 2.75) is 32.6 Å². The van der Waals surface area contributed by atoms with Gasteiger partial charge in [-0.1, -0.05) is 10.7 Å². The number of carbonyl (C=O) groups excluding carboxylic acids is 1. The van der Waals surface area contributed by atoms with Crippen LogP contribution in [0.25, 0.3) is 21.9 Å². The van der Waals surface area contributed by atoms with Gasteiger partial charge in [-0.15, -0.1) is 0 Å². The molecule has 166 valence electrons. The maximum atomic E-state index is 15.0. The van der Waals surface area contributed by atoms with E-state index in [-0.39, 0.29) is 17.5 Å². The number of allylic oxidation sites excluding steroid dienone is 1. The van der Waals surface area contributed by atoms with Gasteiger partial charge in [0.2, 0.25) is 11.8 Å². The predicted octanol–water partition coefficient (Wildman–Crippen LogP) is 4.46. The summed E-state index contributed by atoms with van der Waals surface area (Å²) in [5.74, 6) is 0.910. The Labute approximate surface area is 188 Å². The topological polar surface area (TPSA) is 120 Å². The molecule has 0 unspecified atom stereocenters. The minimum atomic E-state index is -0.516. The van der Waals surface area contributed by atoms with Crippen LogP contribution in [0.1, 0.15) is 36.0 Å². The van der Waals surface area contributed by atoms with E-state index in [1.165, 1.54) is 6.20 Å². The molecule has 1 fully saturated rings. The fourth-order valence-electron chi connectivity index (χ4n) is 4.00. The van der Waals surface area contributed by atoms with Crippen molar-refractivity contribution in [2.24, 2.45) is 0 Å². The first-order valence-electron chi connectivity index (χ1n) is 10.5. The average Bonchev–Trinajstić information content (AvgIpc) is 3.19. The third-order valence-corrected chi connectivity index (χ3v) is 5.82. The number of nitrogens with one attached hydrogen (secondary N) is 1. The summed E-state index contributed by atoms with van der Waals surface area (Å²) in [5, 5.41) is 7.72. The Morgan fingerprint density at radius 1 is 1.24 bits per heavy atom. The predicted molar refractivity (Wildman–Crippen MR) is 122 cm³/mol. The third kappa shape index (κ3) is 3.93. The first-order chi connectivity index (χ1) is 15.9. The van der Waals surface area contributed by atoms with Crippen molar-refractivity contribution in [2.75, 3.05) is 11.1 Å². The number of fused-ring (bicyclic) bond motifs is 1. The number of pyridine rings is 2. The van der Waals surface area contributed by atoms with Gasteiger partial charge >= 0.3 is 0 Å². The van der Waals surface area contributed by atoms with E-state index < -0.39 is 5.82 Å². The van der Waals surface area contributed by atoms with Crippen molar-refractivity contribution in [3.63, 3.8) is 0 Å². The van der Waals surface area contributed by atoms with Crippen LogP contribution in [0.15, 0.2) is 53.0 Å². The lowest BCUT2D eigenvalue weighted by molar-refractivity contribution is -0.112. The van der Waals surface area contributed by atoms with E-state index >= 15 is 0 Å². The first-order valence-corrected chi connectivity index (χ1v) is 10.5. The van der Waals surface area contributed by atoms with E-state index in [0.717, 1.165) is 11.1 Å². The SMILES string of the molecule is Cc1noc(C2CC(=CC(=O)Nc3cc4cc(-c5cnccc5C)c(F)c(N)c4cn3)C2)n1. The number of rotatable bonds is 4. The molecule has 3 aromatic heterocycles. The highest BCUT2D eigenvalue weighted by Crippen LogP contribution is 2.40. The van der Waals surface area contributed by atoms with Crippen molar-refractivity contribution < 1.29 is 13.7 Å². The summed E-state index contributed by atoms with van der Waals surface area (Å²) in [4.78, 5) is 25.0. The number of nitrogen functional groups attached to an aromatic ring is 1. The maximum absolute atomic E-state index is 15.0. The fraction of sp³-hybridized carbons (Fsp3) is 0.208. The zero-order valence-corrected chi connectivity index (χ0v) is 18.1. The standard InChI is InChI=1S/C24H21FN6O2/c1-12-3-4-27-10-18(12)17-8-15-9-20(28-11-19(15)23(26)22(17)25)30-21(32)7-14-5-16(6-14)24-29-13(2)31-33-24/h3-4,7-11,16H,5-6,26H2,1-2H3,(H,28,30,32). The van der Waals surface area contributed by atoms with Crippen molar-refractivity contribution >= 4 is 28.2 Å². The molecule has 0 spiro atoms. The highest BCUT2D eigenvalue weighted by Gasteiger charge is 2.30. The Bertz CT molecular complexity index is 1420. The third-order valence-electron chi connectivity index (χ3n) is 5.82. The second-order valence-electron chi connectivity index (χ2n) is 8.21. The van der Waals surface area contributed by atoms with Gasteiger partial charge in [0.25, 0.3) is 0 Å². The largest absolute Gasteiger partial charge is 0.396 e. The van der Waals surface area contributed by atoms with Crippen LogP contribution in [-0.2, 0) is 4.79 Å². The summed E-state index contributed by atoms with van der Waals surface area (Å²) in [6.45, 7) is 3.66. The minimum absolute atomic E-state index is 0.00928. The van der Waals surface area contributed by atoms with Gasteiger partial charge in [-0.2, -0.15) is 4.98 Å². The number of amides is 1. The molecule has 1 aromatic carbocycles. The van der Waals surface area contributed by atoms with Crippen molar-refractivity contribution in [1.82, 2.24) is 20.1 Å². The zero-order chi connectivity index (χ0) is 23.1. The van der Waals surface area contributed by atoms with Gasteiger partial charge in [0.15, 0.2) is 11.6 Å². The molecule has 0 atom stereocenters. The summed E-state index contributed by atoms with van der Waals surface area (Å²) >= 11 is 0. The van der Waals surface area contributed by atoms with Gasteiger partial charge in [0.1, 0.15) is 5.82 Å². The summed E-state index contributed by atoms with van der Waals surface area (Å²) in [6, 6.07) is 5.19. The molecular formula is C24H21FN6O2. The first kappa shape index (κ1) is 20.7. The smallest absolute Gasteiger partial charge is 0.249 e. The minimum Gasteiger partial charge on any atom is -0.396 e. The van der Waals surface area contributed by atoms with Crippen molar-refractivity contribution in [3.8, 4) is 11.1 Å². The summed E-state index contributed by atoms with van der Waals surface area (Å²) in [6.07, 6.45) is 7.69. The lowest BCUT2D eigenvalue weighted by Gasteiger charge is -2.25. The number of aromatic nitrogens is 4. The molecule has 0 saturated heterocycles. The number of anilines is 2.